The summed E-state index contributed by atoms with van der Waals surface area (Å²) in [5, 5.41) is 0. The standard InChI is InChI=1S/3C6H6.4C2H6.CH6N2.2CH3.Y/c3*1-2-4-6-5-3-1;4*1-2;2-1-3;;;/h3*1-6H;4*1-2H3;1-3H2;2*1H3;/q;;;;;;;;2*-1;. The molecule has 3 heteroatoms. The number of hydrogen-bond donors (Lipinski definition) is 2. The van der Waals surface area contributed by atoms with Crippen molar-refractivity contribution in [2.24, 2.45) is 11.5 Å². The van der Waals surface area contributed by atoms with E-state index in [4.69, 9.17) is 0 Å². The Balaban J connectivity index is -0.0000000358. The van der Waals surface area contributed by atoms with E-state index in [1.165, 1.54) is 0 Å². The summed E-state index contributed by atoms with van der Waals surface area (Å²) in [5.74, 6) is 0. The van der Waals surface area contributed by atoms with E-state index in [1.807, 2.05) is 165 Å². The summed E-state index contributed by atoms with van der Waals surface area (Å²) < 4.78 is 0. The van der Waals surface area contributed by atoms with Crippen molar-refractivity contribution >= 4 is 0 Å². The predicted molar refractivity (Wildman–Crippen MR) is 151 cm³/mol. The molecule has 0 aliphatic heterocycles. The second kappa shape index (κ2) is 78.1. The van der Waals surface area contributed by atoms with Crippen molar-refractivity contribution in [3.63, 3.8) is 0 Å². The Bertz CT molecular complexity index is 322. The average molecular weight is 520 g/mol. The van der Waals surface area contributed by atoms with E-state index < -0.39 is 0 Å². The first kappa shape index (κ1) is 52.5. The molecule has 32 heavy (non-hydrogen) atoms. The molecule has 0 unspecified atom stereocenters. The Morgan fingerprint density at radius 2 is 0.344 bits per heavy atom. The van der Waals surface area contributed by atoms with Crippen molar-refractivity contribution < 1.29 is 32.7 Å². The Hall–Kier alpha value is -1.32. The summed E-state index contributed by atoms with van der Waals surface area (Å²) >= 11 is 0. The molecule has 185 valence electrons. The minimum atomic E-state index is 0. The van der Waals surface area contributed by atoms with Gasteiger partial charge in [-0.15, -0.1) is 0 Å². The zero-order valence-electron chi connectivity index (χ0n) is 22.8. The molecule has 2 nitrogen and oxygen atoms in total. The zero-order chi connectivity index (χ0) is 23.4. The van der Waals surface area contributed by atoms with Gasteiger partial charge in [0.1, 0.15) is 0 Å². The second-order valence-corrected chi connectivity index (χ2v) is 3.70. The van der Waals surface area contributed by atoms with Crippen LogP contribution in [0.15, 0.2) is 109 Å². The van der Waals surface area contributed by atoms with Gasteiger partial charge in [0, 0.05) is 39.4 Å². The molecule has 0 aromatic heterocycles. The first-order valence-electron chi connectivity index (χ1n) is 10.8. The summed E-state index contributed by atoms with van der Waals surface area (Å²) in [6, 6.07) is 36.0. The van der Waals surface area contributed by atoms with Gasteiger partial charge in [-0.2, -0.15) is 0 Å². The van der Waals surface area contributed by atoms with Crippen LogP contribution in [-0.4, -0.2) is 6.67 Å². The van der Waals surface area contributed by atoms with Crippen LogP contribution in [0.5, 0.6) is 0 Å². The van der Waals surface area contributed by atoms with Gasteiger partial charge in [-0.3, -0.25) is 0 Å². The summed E-state index contributed by atoms with van der Waals surface area (Å²) in [6.07, 6.45) is 0. The van der Waals surface area contributed by atoms with E-state index in [1.54, 1.807) is 0 Å². The zero-order valence-corrected chi connectivity index (χ0v) is 25.7. The molecular formula is C29H54N2Y-2. The van der Waals surface area contributed by atoms with Gasteiger partial charge in [0.05, 0.1) is 0 Å². The van der Waals surface area contributed by atoms with E-state index in [9.17, 15) is 0 Å². The summed E-state index contributed by atoms with van der Waals surface area (Å²) in [7, 11) is 0. The van der Waals surface area contributed by atoms with Crippen LogP contribution in [-0.2, 0) is 32.7 Å². The third kappa shape index (κ3) is 79.0. The van der Waals surface area contributed by atoms with Crippen LogP contribution in [0.3, 0.4) is 0 Å². The Morgan fingerprint density at radius 1 is 0.312 bits per heavy atom. The molecule has 0 heterocycles. The molecule has 4 N–H and O–H groups in total. The van der Waals surface area contributed by atoms with Crippen LogP contribution in [0, 0.1) is 14.9 Å². The van der Waals surface area contributed by atoms with Crippen LogP contribution in [0.4, 0.5) is 0 Å². The van der Waals surface area contributed by atoms with Gasteiger partial charge in [-0.1, -0.05) is 165 Å². The predicted octanol–water partition coefficient (Wildman–Crippen LogP) is 8.92. The molecule has 0 amide bonds. The van der Waals surface area contributed by atoms with Gasteiger partial charge in [0.25, 0.3) is 0 Å². The summed E-state index contributed by atoms with van der Waals surface area (Å²) in [6.45, 7) is 16.2. The topological polar surface area (TPSA) is 52.0 Å². The van der Waals surface area contributed by atoms with Crippen molar-refractivity contribution in [1.82, 2.24) is 0 Å². The SMILES string of the molecule is CC.CC.CC.CC.NCN.[CH3-].[CH3-].[Y].c1ccccc1.c1ccccc1.c1ccccc1. The first-order valence-corrected chi connectivity index (χ1v) is 10.8. The smallest absolute Gasteiger partial charge is 0.0403 e. The fourth-order valence-corrected chi connectivity index (χ4v) is 1.15. The van der Waals surface area contributed by atoms with Gasteiger partial charge in [0.2, 0.25) is 0 Å². The number of nitrogens with two attached hydrogens (primary N) is 2. The quantitative estimate of drug-likeness (QED) is 0.230. The van der Waals surface area contributed by atoms with Gasteiger partial charge in [0.15, 0.2) is 0 Å². The van der Waals surface area contributed by atoms with Gasteiger partial charge >= 0.3 is 0 Å². The van der Waals surface area contributed by atoms with E-state index in [2.05, 4.69) is 11.5 Å². The maximum Gasteiger partial charge on any atom is 0.0403 e. The third-order valence-corrected chi connectivity index (χ3v) is 2.00. The molecule has 0 aliphatic carbocycles. The second-order valence-electron chi connectivity index (χ2n) is 3.70. The van der Waals surface area contributed by atoms with Crippen molar-refractivity contribution in [3.05, 3.63) is 124 Å². The van der Waals surface area contributed by atoms with E-state index >= 15 is 0 Å². The molecule has 0 atom stereocenters. The van der Waals surface area contributed by atoms with Crippen molar-refractivity contribution in [2.75, 3.05) is 6.67 Å². The third-order valence-electron chi connectivity index (χ3n) is 2.00. The molecule has 0 bridgehead atoms. The Labute approximate surface area is 229 Å². The first-order chi connectivity index (χ1) is 14.4. The van der Waals surface area contributed by atoms with E-state index in [0.717, 1.165) is 0 Å². The molecule has 0 aliphatic rings. The number of benzene rings is 3. The van der Waals surface area contributed by atoms with Crippen LogP contribution >= 0.6 is 0 Å². The van der Waals surface area contributed by atoms with Crippen molar-refractivity contribution in [1.29, 1.82) is 0 Å². The molecule has 0 fully saturated rings. The van der Waals surface area contributed by atoms with Gasteiger partial charge in [-0.25, -0.2) is 0 Å². The summed E-state index contributed by atoms with van der Waals surface area (Å²) in [4.78, 5) is 0. The van der Waals surface area contributed by atoms with Crippen molar-refractivity contribution in [2.45, 2.75) is 55.4 Å². The molecule has 0 saturated heterocycles. The fourth-order valence-electron chi connectivity index (χ4n) is 1.15. The van der Waals surface area contributed by atoms with Gasteiger partial charge < -0.3 is 26.3 Å². The molecule has 1 radical (unpaired) electrons. The van der Waals surface area contributed by atoms with Crippen molar-refractivity contribution in [3.8, 4) is 0 Å². The number of hydrogen-bond acceptors (Lipinski definition) is 2. The Kier molecular flexibility index (Phi) is 128. The minimum Gasteiger partial charge on any atom is -0.358 e. The van der Waals surface area contributed by atoms with Crippen LogP contribution in [0.25, 0.3) is 0 Å². The van der Waals surface area contributed by atoms with Crippen LogP contribution in [0.1, 0.15) is 55.4 Å². The maximum atomic E-state index is 4.62. The maximum absolute atomic E-state index is 4.62. The van der Waals surface area contributed by atoms with Gasteiger partial charge in [-0.05, 0) is 0 Å². The van der Waals surface area contributed by atoms with E-state index in [0.29, 0.717) is 0 Å². The van der Waals surface area contributed by atoms with E-state index in [-0.39, 0.29) is 54.2 Å². The molecule has 3 aromatic carbocycles. The Morgan fingerprint density at radius 3 is 0.375 bits per heavy atom. The molecule has 0 spiro atoms. The monoisotopic (exact) mass is 519 g/mol. The largest absolute Gasteiger partial charge is 0.358 e. The van der Waals surface area contributed by atoms with Crippen LogP contribution < -0.4 is 11.5 Å². The average Bonchev–Trinajstić information content (AvgIpc) is 2.89. The normalized spacial score (nSPS) is 5.81. The number of rotatable bonds is 0. The molecule has 0 saturated carbocycles. The fraction of sp³-hybridized carbons (Fsp3) is 0.310. The molecule has 3 rings (SSSR count). The minimum absolute atomic E-state index is 0. The summed E-state index contributed by atoms with van der Waals surface area (Å²) in [5.41, 5.74) is 9.25. The molecule has 3 aromatic rings. The molecular weight excluding hydrogens is 465 g/mol. The van der Waals surface area contributed by atoms with Crippen LogP contribution in [0.2, 0.25) is 0 Å².